The van der Waals surface area contributed by atoms with Crippen LogP contribution in [0.4, 0.5) is 0 Å². The van der Waals surface area contributed by atoms with Crippen LogP contribution in [0.25, 0.3) is 0 Å². The van der Waals surface area contributed by atoms with Gasteiger partial charge in [-0.1, -0.05) is 286 Å². The highest BCUT2D eigenvalue weighted by Gasteiger charge is 2.19. The summed E-state index contributed by atoms with van der Waals surface area (Å²) in [5.74, 6) is -0.967. The molecule has 6 nitrogen and oxygen atoms in total. The predicted molar refractivity (Wildman–Crippen MR) is 311 cm³/mol. The van der Waals surface area contributed by atoms with Crippen molar-refractivity contribution < 1.29 is 28.6 Å². The van der Waals surface area contributed by atoms with Gasteiger partial charge in [-0.2, -0.15) is 0 Å². The number of carbonyl (C=O) groups excluding carboxylic acids is 3. The Morgan fingerprint density at radius 1 is 0.292 bits per heavy atom. The molecule has 0 bridgehead atoms. The lowest BCUT2D eigenvalue weighted by Gasteiger charge is -2.18. The van der Waals surface area contributed by atoms with Crippen LogP contribution in [0, 0.1) is 0 Å². The van der Waals surface area contributed by atoms with Gasteiger partial charge in [0.25, 0.3) is 0 Å². The highest BCUT2D eigenvalue weighted by atomic mass is 16.6. The van der Waals surface area contributed by atoms with Crippen molar-refractivity contribution in [2.75, 3.05) is 13.2 Å². The molecule has 0 N–H and O–H groups in total. The van der Waals surface area contributed by atoms with E-state index >= 15 is 0 Å². The Hall–Kier alpha value is -3.15. The monoisotopic (exact) mass is 1000 g/mol. The second-order valence-corrected chi connectivity index (χ2v) is 20.6. The van der Waals surface area contributed by atoms with Crippen molar-refractivity contribution in [1.82, 2.24) is 0 Å². The summed E-state index contributed by atoms with van der Waals surface area (Å²) >= 11 is 0. The van der Waals surface area contributed by atoms with E-state index in [1.807, 2.05) is 6.08 Å². The Kier molecular flexibility index (Phi) is 57.8. The summed E-state index contributed by atoms with van der Waals surface area (Å²) in [4.78, 5) is 38.1. The summed E-state index contributed by atoms with van der Waals surface area (Å²) in [5.41, 5.74) is 0. The molecule has 0 aliphatic carbocycles. The van der Waals surface area contributed by atoms with Gasteiger partial charge < -0.3 is 14.2 Å². The topological polar surface area (TPSA) is 78.9 Å². The molecule has 0 aromatic rings. The number of ether oxygens (including phenoxy) is 3. The van der Waals surface area contributed by atoms with Crippen LogP contribution in [0.2, 0.25) is 0 Å². The van der Waals surface area contributed by atoms with E-state index in [2.05, 4.69) is 87.6 Å². The summed E-state index contributed by atoms with van der Waals surface area (Å²) < 4.78 is 16.8. The molecule has 0 radical (unpaired) electrons. The first-order valence-corrected chi connectivity index (χ1v) is 30.9. The third-order valence-electron chi connectivity index (χ3n) is 13.5. The van der Waals surface area contributed by atoms with Gasteiger partial charge in [0.05, 0.1) is 0 Å². The predicted octanol–water partition coefficient (Wildman–Crippen LogP) is 20.9. The standard InChI is InChI=1S/C66H116O6/c1-4-7-10-13-16-19-22-25-27-28-29-30-31-32-33-34-35-36-37-38-39-42-44-47-50-53-56-59-65(68)71-62-63(61-70-64(67)58-55-52-49-46-43-40-24-21-18-15-12-9-6-3)72-66(69)60-57-54-51-48-45-41-26-23-20-17-14-11-8-5-2/h9,12,18,21-22,25,28-29,40,43,49,52,63H,4-8,10-11,13-17,19-20,23-24,26-27,30-39,41-42,44-48,50-51,53-62H2,1-3H3/b12-9-,21-18-,25-22-,29-28-,43-40-,52-49-. The number of unbranched alkanes of at least 4 members (excludes halogenated alkanes) is 33. The summed E-state index contributed by atoms with van der Waals surface area (Å²) in [7, 11) is 0. The lowest BCUT2D eigenvalue weighted by molar-refractivity contribution is -0.166. The van der Waals surface area contributed by atoms with Crippen molar-refractivity contribution in [1.29, 1.82) is 0 Å². The Bertz CT molecular complexity index is 1340. The third kappa shape index (κ3) is 57.7. The molecule has 0 fully saturated rings. The van der Waals surface area contributed by atoms with Crippen molar-refractivity contribution in [2.45, 2.75) is 316 Å². The van der Waals surface area contributed by atoms with E-state index in [-0.39, 0.29) is 37.5 Å². The minimum atomic E-state index is -0.801. The molecular formula is C66H116O6. The third-order valence-corrected chi connectivity index (χ3v) is 13.5. The van der Waals surface area contributed by atoms with E-state index in [0.29, 0.717) is 19.3 Å². The number of hydrogen-bond donors (Lipinski definition) is 0. The molecule has 0 aromatic heterocycles. The van der Waals surface area contributed by atoms with Gasteiger partial charge in [0.2, 0.25) is 0 Å². The minimum absolute atomic E-state index is 0.0941. The van der Waals surface area contributed by atoms with Gasteiger partial charge in [0.1, 0.15) is 13.2 Å². The number of rotatable bonds is 56. The smallest absolute Gasteiger partial charge is 0.306 e. The SMILES string of the molecule is CC/C=C\C/C=C\C/C=C\C/C=C\CCC(=O)OCC(COC(=O)CCCCCCCCCCCCCCCCC/C=C\C/C=C\CCCCCCC)OC(=O)CCCCCCCCCCCCCCCC. The molecule has 0 aromatic carbocycles. The Labute approximate surface area is 446 Å². The Morgan fingerprint density at radius 2 is 0.569 bits per heavy atom. The largest absolute Gasteiger partial charge is 0.462 e. The number of hydrogen-bond acceptors (Lipinski definition) is 6. The summed E-state index contributed by atoms with van der Waals surface area (Å²) in [6, 6.07) is 0. The van der Waals surface area contributed by atoms with E-state index in [1.165, 1.54) is 193 Å². The zero-order valence-electron chi connectivity index (χ0n) is 47.7. The fourth-order valence-electron chi connectivity index (χ4n) is 8.84. The van der Waals surface area contributed by atoms with Gasteiger partial charge in [0.15, 0.2) is 6.10 Å². The van der Waals surface area contributed by atoms with E-state index in [0.717, 1.165) is 70.6 Å². The maximum Gasteiger partial charge on any atom is 0.306 e. The quantitative estimate of drug-likeness (QED) is 0.0261. The maximum absolute atomic E-state index is 12.8. The van der Waals surface area contributed by atoms with Crippen LogP contribution in [0.15, 0.2) is 72.9 Å². The van der Waals surface area contributed by atoms with Gasteiger partial charge in [-0.25, -0.2) is 0 Å². The van der Waals surface area contributed by atoms with Crippen molar-refractivity contribution in [3.05, 3.63) is 72.9 Å². The molecule has 0 rings (SSSR count). The van der Waals surface area contributed by atoms with Crippen LogP contribution in [0.5, 0.6) is 0 Å². The van der Waals surface area contributed by atoms with Gasteiger partial charge >= 0.3 is 17.9 Å². The average molecular weight is 1010 g/mol. The fourth-order valence-corrected chi connectivity index (χ4v) is 8.84. The summed E-state index contributed by atoms with van der Waals surface area (Å²) in [5, 5.41) is 0. The van der Waals surface area contributed by atoms with Crippen LogP contribution in [0.3, 0.4) is 0 Å². The van der Waals surface area contributed by atoms with Crippen LogP contribution in [-0.2, 0) is 28.6 Å². The Morgan fingerprint density at radius 3 is 0.931 bits per heavy atom. The van der Waals surface area contributed by atoms with E-state index in [1.54, 1.807) is 0 Å². The molecule has 416 valence electrons. The van der Waals surface area contributed by atoms with Crippen LogP contribution >= 0.6 is 0 Å². The van der Waals surface area contributed by atoms with Crippen molar-refractivity contribution in [2.24, 2.45) is 0 Å². The number of allylic oxidation sites excluding steroid dienone is 12. The molecule has 0 aliphatic rings. The molecule has 1 unspecified atom stereocenters. The van der Waals surface area contributed by atoms with E-state index < -0.39 is 6.10 Å². The van der Waals surface area contributed by atoms with Crippen LogP contribution < -0.4 is 0 Å². The fraction of sp³-hybridized carbons (Fsp3) is 0.773. The zero-order chi connectivity index (χ0) is 52.2. The van der Waals surface area contributed by atoms with Gasteiger partial charge in [0, 0.05) is 19.3 Å². The van der Waals surface area contributed by atoms with Gasteiger partial charge in [-0.15, -0.1) is 0 Å². The maximum atomic E-state index is 12.8. The number of esters is 3. The second-order valence-electron chi connectivity index (χ2n) is 20.6. The van der Waals surface area contributed by atoms with Crippen LogP contribution in [-0.4, -0.2) is 37.2 Å². The van der Waals surface area contributed by atoms with E-state index in [9.17, 15) is 14.4 Å². The minimum Gasteiger partial charge on any atom is -0.462 e. The average Bonchev–Trinajstić information content (AvgIpc) is 3.38. The second kappa shape index (κ2) is 60.4. The molecule has 72 heavy (non-hydrogen) atoms. The first-order chi connectivity index (χ1) is 35.5. The lowest BCUT2D eigenvalue weighted by Crippen LogP contribution is -2.30. The zero-order valence-corrected chi connectivity index (χ0v) is 47.7. The summed E-state index contributed by atoms with van der Waals surface area (Å²) in [6.45, 7) is 6.48. The van der Waals surface area contributed by atoms with Gasteiger partial charge in [-0.05, 0) is 77.0 Å². The van der Waals surface area contributed by atoms with Crippen molar-refractivity contribution in [3.63, 3.8) is 0 Å². The molecule has 0 heterocycles. The normalized spacial score (nSPS) is 12.5. The van der Waals surface area contributed by atoms with Crippen molar-refractivity contribution in [3.8, 4) is 0 Å². The highest BCUT2D eigenvalue weighted by Crippen LogP contribution is 2.17. The Balaban J connectivity index is 4.25. The summed E-state index contributed by atoms with van der Waals surface area (Å²) in [6.07, 6.45) is 77.9. The molecular weight excluding hydrogens is 889 g/mol. The molecule has 0 aliphatic heterocycles. The molecule has 0 spiro atoms. The first kappa shape index (κ1) is 68.8. The van der Waals surface area contributed by atoms with Crippen molar-refractivity contribution >= 4 is 17.9 Å². The highest BCUT2D eigenvalue weighted by molar-refractivity contribution is 5.71. The van der Waals surface area contributed by atoms with Crippen LogP contribution in [0.1, 0.15) is 310 Å². The van der Waals surface area contributed by atoms with Gasteiger partial charge in [-0.3, -0.25) is 14.4 Å². The molecule has 0 saturated heterocycles. The molecule has 0 amide bonds. The molecule has 0 saturated carbocycles. The lowest BCUT2D eigenvalue weighted by atomic mass is 10.0. The molecule has 1 atom stereocenters. The van der Waals surface area contributed by atoms with E-state index in [4.69, 9.17) is 14.2 Å². The number of carbonyl (C=O) groups is 3. The first-order valence-electron chi connectivity index (χ1n) is 30.9. The molecule has 6 heteroatoms.